The van der Waals surface area contributed by atoms with Crippen molar-refractivity contribution in [2.45, 2.75) is 43.2 Å². The quantitative estimate of drug-likeness (QED) is 0.874. The Labute approximate surface area is 115 Å². The monoisotopic (exact) mass is 283 g/mol. The van der Waals surface area contributed by atoms with Gasteiger partial charge in [-0.15, -0.1) is 0 Å². The second-order valence-electron chi connectivity index (χ2n) is 5.42. The van der Waals surface area contributed by atoms with Gasteiger partial charge in [0, 0.05) is 19.7 Å². The lowest BCUT2D eigenvalue weighted by atomic mass is 10.2. The molecule has 0 aliphatic heterocycles. The highest BCUT2D eigenvalue weighted by molar-refractivity contribution is 7.89. The average Bonchev–Trinajstić information content (AvgIpc) is 2.89. The number of rotatable bonds is 5. The van der Waals surface area contributed by atoms with Gasteiger partial charge in [0.05, 0.1) is 10.9 Å². The normalized spacial score (nSPS) is 17.2. The van der Waals surface area contributed by atoms with E-state index >= 15 is 0 Å². The molecular weight excluding hydrogens is 260 g/mol. The fourth-order valence-electron chi connectivity index (χ4n) is 2.54. The molecule has 1 saturated carbocycles. The first-order valence-electron chi connectivity index (χ1n) is 6.85. The van der Waals surface area contributed by atoms with Gasteiger partial charge in [-0.05, 0) is 37.8 Å². The Morgan fingerprint density at radius 1 is 1.26 bits per heavy atom. The van der Waals surface area contributed by atoms with E-state index in [0.717, 1.165) is 12.1 Å². The van der Waals surface area contributed by atoms with E-state index in [4.69, 9.17) is 0 Å². The third-order valence-corrected chi connectivity index (χ3v) is 5.57. The molecular formula is C14H23N2O2S+. The molecule has 4 nitrogen and oxygen atoms in total. The van der Waals surface area contributed by atoms with Crippen LogP contribution in [0, 0.1) is 0 Å². The van der Waals surface area contributed by atoms with Gasteiger partial charge in [-0.3, -0.25) is 0 Å². The lowest BCUT2D eigenvalue weighted by molar-refractivity contribution is -0.703. The zero-order chi connectivity index (χ0) is 13.9. The van der Waals surface area contributed by atoms with Crippen molar-refractivity contribution in [1.82, 2.24) is 4.31 Å². The van der Waals surface area contributed by atoms with Gasteiger partial charge < -0.3 is 5.32 Å². The molecule has 0 amide bonds. The first-order valence-corrected chi connectivity index (χ1v) is 8.29. The first kappa shape index (κ1) is 14.5. The van der Waals surface area contributed by atoms with E-state index < -0.39 is 10.0 Å². The summed E-state index contributed by atoms with van der Waals surface area (Å²) in [5.74, 6) is 0. The van der Waals surface area contributed by atoms with Gasteiger partial charge in [0.15, 0.2) is 0 Å². The van der Waals surface area contributed by atoms with E-state index in [0.29, 0.717) is 10.9 Å². The van der Waals surface area contributed by atoms with Gasteiger partial charge in [0.2, 0.25) is 10.0 Å². The lowest BCUT2D eigenvalue weighted by Gasteiger charge is -2.13. The highest BCUT2D eigenvalue weighted by atomic mass is 32.2. The molecule has 0 unspecified atom stereocenters. The minimum absolute atomic E-state index is 0.384. The fourth-order valence-corrected chi connectivity index (χ4v) is 3.51. The molecule has 0 atom stereocenters. The van der Waals surface area contributed by atoms with Gasteiger partial charge in [0.25, 0.3) is 0 Å². The van der Waals surface area contributed by atoms with E-state index in [-0.39, 0.29) is 0 Å². The average molecular weight is 283 g/mol. The fraction of sp³-hybridized carbons (Fsp3) is 0.571. The third kappa shape index (κ3) is 3.55. The molecule has 0 spiro atoms. The van der Waals surface area contributed by atoms with E-state index in [1.807, 2.05) is 12.1 Å². The SMILES string of the molecule is CN(C)S(=O)(=O)c1cccc(C[NH2+]C2CCCC2)c1. The molecule has 1 aliphatic carbocycles. The molecule has 0 radical (unpaired) electrons. The summed E-state index contributed by atoms with van der Waals surface area (Å²) in [5.41, 5.74) is 1.08. The van der Waals surface area contributed by atoms with Crippen molar-refractivity contribution < 1.29 is 13.7 Å². The molecule has 2 N–H and O–H groups in total. The maximum Gasteiger partial charge on any atom is 0.242 e. The van der Waals surface area contributed by atoms with E-state index in [1.165, 1.54) is 30.0 Å². The summed E-state index contributed by atoms with van der Waals surface area (Å²) < 4.78 is 25.4. The van der Waals surface area contributed by atoms with Crippen LogP contribution in [0.4, 0.5) is 0 Å². The van der Waals surface area contributed by atoms with Crippen LogP contribution in [-0.4, -0.2) is 32.9 Å². The first-order chi connectivity index (χ1) is 9.00. The number of nitrogens with two attached hydrogens (primary N) is 1. The topological polar surface area (TPSA) is 54.0 Å². The minimum atomic E-state index is -3.32. The lowest BCUT2D eigenvalue weighted by Crippen LogP contribution is -2.87. The third-order valence-electron chi connectivity index (χ3n) is 3.76. The van der Waals surface area contributed by atoms with Gasteiger partial charge in [0.1, 0.15) is 6.54 Å². The molecule has 2 rings (SSSR count). The van der Waals surface area contributed by atoms with Crippen LogP contribution < -0.4 is 5.32 Å². The zero-order valence-electron chi connectivity index (χ0n) is 11.7. The summed E-state index contributed by atoms with van der Waals surface area (Å²) >= 11 is 0. The molecule has 0 heterocycles. The van der Waals surface area contributed by atoms with Gasteiger partial charge in [-0.2, -0.15) is 0 Å². The molecule has 1 fully saturated rings. The molecule has 0 saturated heterocycles. The molecule has 1 aromatic carbocycles. The van der Waals surface area contributed by atoms with Crippen LogP contribution in [0.2, 0.25) is 0 Å². The van der Waals surface area contributed by atoms with E-state index in [9.17, 15) is 8.42 Å². The number of benzene rings is 1. The Hall–Kier alpha value is -0.910. The molecule has 5 heteroatoms. The second kappa shape index (κ2) is 6.03. The van der Waals surface area contributed by atoms with Crippen LogP contribution in [0.3, 0.4) is 0 Å². The largest absolute Gasteiger partial charge is 0.340 e. The van der Waals surface area contributed by atoms with E-state index in [1.54, 1.807) is 26.2 Å². The molecule has 106 valence electrons. The number of nitrogens with zero attached hydrogens (tertiary/aromatic N) is 1. The Morgan fingerprint density at radius 2 is 1.95 bits per heavy atom. The van der Waals surface area contributed by atoms with Gasteiger partial charge >= 0.3 is 0 Å². The van der Waals surface area contributed by atoms with Crippen LogP contribution >= 0.6 is 0 Å². The molecule has 1 aliphatic rings. The Balaban J connectivity index is 2.06. The Morgan fingerprint density at radius 3 is 2.58 bits per heavy atom. The molecule has 0 aromatic heterocycles. The molecule has 1 aromatic rings. The number of hydrogen-bond acceptors (Lipinski definition) is 2. The summed E-state index contributed by atoms with van der Waals surface area (Å²) in [4.78, 5) is 0.384. The van der Waals surface area contributed by atoms with Crippen LogP contribution in [0.5, 0.6) is 0 Å². The number of sulfonamides is 1. The van der Waals surface area contributed by atoms with Crippen LogP contribution in [0.25, 0.3) is 0 Å². The predicted molar refractivity (Wildman–Crippen MR) is 75.2 cm³/mol. The maximum atomic E-state index is 12.1. The van der Waals surface area contributed by atoms with Crippen molar-refractivity contribution in [2.24, 2.45) is 0 Å². The Bertz CT molecular complexity index is 520. The summed E-state index contributed by atoms with van der Waals surface area (Å²) in [6.07, 6.45) is 5.23. The van der Waals surface area contributed by atoms with Crippen molar-refractivity contribution >= 4 is 10.0 Å². The standard InChI is InChI=1S/C14H22N2O2S/c1-16(2)19(17,18)14-9-5-6-12(10-14)11-15-13-7-3-4-8-13/h5-6,9-10,13,15H,3-4,7-8,11H2,1-2H3/p+1. The van der Waals surface area contributed by atoms with Crippen LogP contribution in [0.1, 0.15) is 31.2 Å². The van der Waals surface area contributed by atoms with Crippen LogP contribution in [-0.2, 0) is 16.6 Å². The molecule has 0 bridgehead atoms. The maximum absolute atomic E-state index is 12.1. The summed E-state index contributed by atoms with van der Waals surface area (Å²) in [6, 6.07) is 8.00. The summed E-state index contributed by atoms with van der Waals surface area (Å²) in [7, 11) is -0.193. The van der Waals surface area contributed by atoms with Crippen molar-refractivity contribution in [3.63, 3.8) is 0 Å². The van der Waals surface area contributed by atoms with Crippen molar-refractivity contribution in [2.75, 3.05) is 14.1 Å². The van der Waals surface area contributed by atoms with Crippen molar-refractivity contribution in [3.05, 3.63) is 29.8 Å². The second-order valence-corrected chi connectivity index (χ2v) is 7.57. The Kier molecular flexibility index (Phi) is 4.60. The van der Waals surface area contributed by atoms with Crippen molar-refractivity contribution in [1.29, 1.82) is 0 Å². The smallest absolute Gasteiger partial charge is 0.242 e. The zero-order valence-corrected chi connectivity index (χ0v) is 12.5. The minimum Gasteiger partial charge on any atom is -0.340 e. The van der Waals surface area contributed by atoms with Crippen LogP contribution in [0.15, 0.2) is 29.2 Å². The summed E-state index contributed by atoms with van der Waals surface area (Å²) in [5, 5.41) is 2.34. The molecule has 19 heavy (non-hydrogen) atoms. The number of hydrogen-bond donors (Lipinski definition) is 1. The highest BCUT2D eigenvalue weighted by Crippen LogP contribution is 2.16. The van der Waals surface area contributed by atoms with Gasteiger partial charge in [-0.25, -0.2) is 12.7 Å². The highest BCUT2D eigenvalue weighted by Gasteiger charge is 2.19. The number of quaternary nitrogens is 1. The predicted octanol–water partition coefficient (Wildman–Crippen LogP) is 0.943. The van der Waals surface area contributed by atoms with Crippen molar-refractivity contribution in [3.8, 4) is 0 Å². The summed E-state index contributed by atoms with van der Waals surface area (Å²) in [6.45, 7) is 0.863. The van der Waals surface area contributed by atoms with E-state index in [2.05, 4.69) is 5.32 Å². The van der Waals surface area contributed by atoms with Gasteiger partial charge in [-0.1, -0.05) is 12.1 Å².